The third kappa shape index (κ3) is 10.6. The zero-order valence-electron chi connectivity index (χ0n) is 47.0. The van der Waals surface area contributed by atoms with Crippen LogP contribution in [0.2, 0.25) is 10.6 Å². The van der Waals surface area contributed by atoms with E-state index in [0.717, 1.165) is 67.3 Å². The molecule has 12 heteroatoms. The van der Waals surface area contributed by atoms with Crippen LogP contribution in [0.5, 0.6) is 0 Å². The molecule has 0 aliphatic carbocycles. The number of para-hydroxylation sites is 4. The van der Waals surface area contributed by atoms with Crippen molar-refractivity contribution in [1.82, 2.24) is 14.5 Å². The number of rotatable bonds is 9. The van der Waals surface area contributed by atoms with Gasteiger partial charge >= 0.3 is 21.4 Å². The molecule has 8 aromatic rings. The fraction of sp³-hybridized carbons (Fsp3) is 0.365. The molecular weight excluding hydrogens is 923 g/mol. The van der Waals surface area contributed by atoms with Gasteiger partial charge in [0.05, 0.1) is 53.2 Å². The van der Waals surface area contributed by atoms with Crippen molar-refractivity contribution < 1.29 is 18.5 Å². The number of benzene rings is 5. The van der Waals surface area contributed by atoms with Gasteiger partial charge in [0, 0.05) is 34.2 Å². The van der Waals surface area contributed by atoms with Crippen LogP contribution in [0.4, 0.5) is 22.7 Å². The van der Waals surface area contributed by atoms with Gasteiger partial charge in [-0.2, -0.15) is 0 Å². The van der Waals surface area contributed by atoms with Gasteiger partial charge in [-0.1, -0.05) is 183 Å². The van der Waals surface area contributed by atoms with E-state index in [2.05, 4.69) is 240 Å². The number of hydrogen-bond donors (Lipinski definition) is 0. The first kappa shape index (κ1) is 52.3. The highest BCUT2D eigenvalue weighted by atomic mass is 16.7. The monoisotopic (exact) mass is 998 g/mol. The summed E-state index contributed by atoms with van der Waals surface area (Å²) < 4.78 is 29.4. The molecule has 0 amide bonds. The first-order valence-corrected chi connectivity index (χ1v) is 26.7. The number of aromatic nitrogens is 3. The summed E-state index contributed by atoms with van der Waals surface area (Å²) in [5.74, 6) is 0.911. The zero-order chi connectivity index (χ0) is 53.4. The SMILES string of the molecule is CC(C)(C)B1OB(c2cccc(-c3cc(C(C)(C)C)cc(C(C)(C)C)c3)c2N2CN(c3cncc(COCc4ccc5c6ccccc6n(-c6cc(C(C)(C)C)ccn6)c5c4)c3)c3ccccc32)OB(C(C)(C)C)O1. The van der Waals surface area contributed by atoms with Gasteiger partial charge in [-0.25, -0.2) is 4.98 Å². The second-order valence-corrected chi connectivity index (χ2v) is 26.1. The molecular formula is C63H74B3N5O4. The highest BCUT2D eigenvalue weighted by Gasteiger charge is 2.52. The summed E-state index contributed by atoms with van der Waals surface area (Å²) in [5, 5.41) is 1.77. The number of pyridine rings is 2. The smallest absolute Gasteiger partial charge is 0.452 e. The van der Waals surface area contributed by atoms with Crippen molar-refractivity contribution >= 4 is 71.4 Å². The Kier molecular flexibility index (Phi) is 13.6. The molecule has 5 heterocycles. The average Bonchev–Trinajstić information content (AvgIpc) is 3.91. The number of ether oxygens (including phenoxy) is 1. The summed E-state index contributed by atoms with van der Waals surface area (Å²) in [6, 6.07) is 44.2. The number of anilines is 4. The van der Waals surface area contributed by atoms with E-state index in [1.807, 2.05) is 18.6 Å². The van der Waals surface area contributed by atoms with Crippen molar-refractivity contribution in [1.29, 1.82) is 0 Å². The Labute approximate surface area is 447 Å². The Hall–Kier alpha value is -6.17. The molecule has 1 fully saturated rings. The van der Waals surface area contributed by atoms with Gasteiger partial charge < -0.3 is 28.3 Å². The van der Waals surface area contributed by atoms with E-state index in [-0.39, 0.29) is 26.9 Å². The van der Waals surface area contributed by atoms with Crippen LogP contribution in [-0.4, -0.2) is 42.6 Å². The van der Waals surface area contributed by atoms with Crippen molar-refractivity contribution in [2.75, 3.05) is 16.5 Å². The molecule has 75 heavy (non-hydrogen) atoms. The molecule has 0 atom stereocenters. The van der Waals surface area contributed by atoms with Gasteiger partial charge in [0.1, 0.15) is 12.5 Å². The summed E-state index contributed by atoms with van der Waals surface area (Å²) in [6.07, 6.45) is 5.80. The Morgan fingerprint density at radius 3 is 1.80 bits per heavy atom. The van der Waals surface area contributed by atoms with Gasteiger partial charge in [-0.3, -0.25) is 9.55 Å². The highest BCUT2D eigenvalue weighted by Crippen LogP contribution is 2.48. The summed E-state index contributed by atoms with van der Waals surface area (Å²) in [6.45, 7) is 34.8. The largest absolute Gasteiger partial charge is 0.468 e. The van der Waals surface area contributed by atoms with Crippen LogP contribution in [0, 0.1) is 0 Å². The molecule has 0 spiro atoms. The maximum atomic E-state index is 6.96. The molecule has 384 valence electrons. The van der Waals surface area contributed by atoms with E-state index in [0.29, 0.717) is 19.9 Å². The topological polar surface area (TPSA) is 74.1 Å². The minimum Gasteiger partial charge on any atom is -0.452 e. The third-order valence-corrected chi connectivity index (χ3v) is 14.7. The fourth-order valence-electron chi connectivity index (χ4n) is 10.3. The van der Waals surface area contributed by atoms with Gasteiger partial charge in [-0.05, 0) is 103 Å². The van der Waals surface area contributed by atoms with Crippen molar-refractivity contribution in [2.45, 2.75) is 144 Å². The van der Waals surface area contributed by atoms with Crippen LogP contribution in [0.15, 0.2) is 140 Å². The van der Waals surface area contributed by atoms with E-state index in [1.165, 1.54) is 27.5 Å². The van der Waals surface area contributed by atoms with Gasteiger partial charge in [-0.15, -0.1) is 0 Å². The molecule has 2 aliphatic rings. The van der Waals surface area contributed by atoms with E-state index in [4.69, 9.17) is 28.4 Å². The maximum Gasteiger partial charge on any atom is 0.468 e. The van der Waals surface area contributed by atoms with Crippen LogP contribution in [-0.2, 0) is 47.9 Å². The Morgan fingerprint density at radius 1 is 0.533 bits per heavy atom. The molecule has 0 bridgehead atoms. The third-order valence-electron chi connectivity index (χ3n) is 14.7. The Bertz CT molecular complexity index is 3360. The van der Waals surface area contributed by atoms with Crippen molar-refractivity contribution in [2.24, 2.45) is 0 Å². The van der Waals surface area contributed by atoms with Crippen molar-refractivity contribution in [3.63, 3.8) is 0 Å². The molecule has 0 radical (unpaired) electrons. The lowest BCUT2D eigenvalue weighted by Gasteiger charge is -2.41. The summed E-state index contributed by atoms with van der Waals surface area (Å²) in [4.78, 5) is 14.5. The van der Waals surface area contributed by atoms with E-state index in [9.17, 15) is 0 Å². The van der Waals surface area contributed by atoms with E-state index >= 15 is 0 Å². The molecule has 9 nitrogen and oxygen atoms in total. The summed E-state index contributed by atoms with van der Waals surface area (Å²) >= 11 is 0. The highest BCUT2D eigenvalue weighted by molar-refractivity contribution is 6.81. The summed E-state index contributed by atoms with van der Waals surface area (Å²) in [5.41, 5.74) is 15.3. The molecule has 2 aliphatic heterocycles. The lowest BCUT2D eigenvalue weighted by atomic mass is 9.50. The van der Waals surface area contributed by atoms with E-state index < -0.39 is 21.4 Å². The molecule has 0 N–H and O–H groups in total. The quantitative estimate of drug-likeness (QED) is 0.132. The second kappa shape index (κ2) is 19.4. The number of fused-ring (bicyclic) bond motifs is 4. The van der Waals surface area contributed by atoms with Crippen LogP contribution in [0.25, 0.3) is 38.8 Å². The van der Waals surface area contributed by atoms with Gasteiger partial charge in [0.2, 0.25) is 0 Å². The molecule has 3 aromatic heterocycles. The van der Waals surface area contributed by atoms with Crippen molar-refractivity contribution in [3.8, 4) is 16.9 Å². The standard InChI is InChI=1S/C63H74B3N5O4/c1-59(2,3)45-29-30-68-57(36-45)71-53-24-17-16-21-50(53)51-28-27-42(32-56(51)71)39-72-40-43-31-48(38-67-37-43)69-41-70(55-26-19-18-25-54(55)69)58-49(44-33-46(60(4,5)6)35-47(34-44)61(7,8)9)22-20-23-52(58)64-73-65(62(10,11)12)75-66(74-64)63(13,14)15/h16-38H,39-41H2,1-15H3. The van der Waals surface area contributed by atoms with Gasteiger partial charge in [0.25, 0.3) is 0 Å². The zero-order valence-corrected chi connectivity index (χ0v) is 47.0. The minimum atomic E-state index is -0.709. The molecule has 5 aromatic carbocycles. The van der Waals surface area contributed by atoms with Crippen LogP contribution in [0.1, 0.15) is 132 Å². The molecule has 1 saturated heterocycles. The number of nitrogens with zero attached hydrogens (tertiary/aromatic N) is 5. The molecule has 10 rings (SSSR count). The van der Waals surface area contributed by atoms with Crippen LogP contribution < -0.4 is 15.3 Å². The second-order valence-electron chi connectivity index (χ2n) is 26.1. The van der Waals surface area contributed by atoms with Crippen LogP contribution >= 0.6 is 0 Å². The first-order valence-electron chi connectivity index (χ1n) is 26.7. The Morgan fingerprint density at radius 2 is 1.15 bits per heavy atom. The maximum absolute atomic E-state index is 6.96. The van der Waals surface area contributed by atoms with E-state index in [1.54, 1.807) is 0 Å². The predicted octanol–water partition coefficient (Wildman–Crippen LogP) is 15.4. The molecule has 0 unspecified atom stereocenters. The van der Waals surface area contributed by atoms with Gasteiger partial charge in [0.15, 0.2) is 0 Å². The van der Waals surface area contributed by atoms with Crippen LogP contribution in [0.3, 0.4) is 0 Å². The first-order chi connectivity index (χ1) is 35.3. The normalized spacial score (nSPS) is 14.9. The lowest BCUT2D eigenvalue weighted by Crippen LogP contribution is -2.59. The fourth-order valence-corrected chi connectivity index (χ4v) is 10.3. The average molecular weight is 998 g/mol. The lowest BCUT2D eigenvalue weighted by molar-refractivity contribution is 0.107. The summed E-state index contributed by atoms with van der Waals surface area (Å²) in [7, 11) is -1.72. The Balaban J connectivity index is 1.000. The minimum absolute atomic E-state index is 0.00755. The van der Waals surface area contributed by atoms with Crippen molar-refractivity contribution in [3.05, 3.63) is 168 Å². The predicted molar refractivity (Wildman–Crippen MR) is 314 cm³/mol. The number of hydrogen-bond acceptors (Lipinski definition) is 8. The molecule has 0 saturated carbocycles.